The maximum Gasteiger partial charge on any atom is 0.573 e. The molecule has 2 aromatic carbocycles. The van der Waals surface area contributed by atoms with Gasteiger partial charge < -0.3 is 10.1 Å². The van der Waals surface area contributed by atoms with Gasteiger partial charge in [-0.05, 0) is 42.5 Å². The van der Waals surface area contributed by atoms with Crippen molar-refractivity contribution in [1.29, 1.82) is 0 Å². The molecule has 0 saturated carbocycles. The first-order chi connectivity index (χ1) is 15.3. The quantitative estimate of drug-likeness (QED) is 0.496. The van der Waals surface area contributed by atoms with Crippen LogP contribution < -0.4 is 14.4 Å². The molecule has 0 saturated heterocycles. The molecule has 33 heavy (non-hydrogen) atoms. The molecule has 1 aliphatic heterocycles. The SMILES string of the molecule is O=S(=O)(c1ccc(OC(F)(F)F)cc1)N1Cc2ccc(C(F)(F)F)nc2Nc2ccccc21. The summed E-state index contributed by atoms with van der Waals surface area (Å²) in [6.07, 6.45) is -9.64. The van der Waals surface area contributed by atoms with Crippen LogP contribution in [-0.4, -0.2) is 19.8 Å². The van der Waals surface area contributed by atoms with Crippen LogP contribution in [0.5, 0.6) is 5.75 Å². The van der Waals surface area contributed by atoms with Crippen LogP contribution in [0.25, 0.3) is 0 Å². The van der Waals surface area contributed by atoms with Crippen molar-refractivity contribution in [2.75, 3.05) is 9.62 Å². The van der Waals surface area contributed by atoms with Crippen LogP contribution in [0.3, 0.4) is 0 Å². The number of para-hydroxylation sites is 2. The fourth-order valence-corrected chi connectivity index (χ4v) is 4.66. The van der Waals surface area contributed by atoms with Crippen LogP contribution in [0.15, 0.2) is 65.6 Å². The number of pyridine rings is 1. The average molecular weight is 489 g/mol. The van der Waals surface area contributed by atoms with Crippen LogP contribution in [0.1, 0.15) is 11.3 Å². The van der Waals surface area contributed by atoms with E-state index in [1.807, 2.05) is 0 Å². The number of nitrogens with zero attached hydrogens (tertiary/aromatic N) is 2. The zero-order chi connectivity index (χ0) is 24.0. The number of rotatable bonds is 3. The summed E-state index contributed by atoms with van der Waals surface area (Å²) in [5, 5.41) is 2.74. The molecule has 0 bridgehead atoms. The molecule has 6 nitrogen and oxygen atoms in total. The summed E-state index contributed by atoms with van der Waals surface area (Å²) in [6, 6.07) is 11.5. The van der Waals surface area contributed by atoms with Gasteiger partial charge in [-0.2, -0.15) is 13.2 Å². The van der Waals surface area contributed by atoms with Crippen molar-refractivity contribution in [1.82, 2.24) is 4.98 Å². The Hall–Kier alpha value is -3.48. The van der Waals surface area contributed by atoms with Gasteiger partial charge in [0.25, 0.3) is 10.0 Å². The predicted octanol–water partition coefficient (Wildman–Crippen LogP) is 5.45. The van der Waals surface area contributed by atoms with Crippen molar-refractivity contribution < 1.29 is 39.5 Å². The number of benzene rings is 2. The smallest absolute Gasteiger partial charge is 0.406 e. The van der Waals surface area contributed by atoms with Gasteiger partial charge >= 0.3 is 12.5 Å². The van der Waals surface area contributed by atoms with E-state index in [0.29, 0.717) is 0 Å². The molecule has 1 aliphatic rings. The topological polar surface area (TPSA) is 71.5 Å². The summed E-state index contributed by atoms with van der Waals surface area (Å²) >= 11 is 0. The first-order valence-corrected chi connectivity index (χ1v) is 10.6. The standard InChI is InChI=1S/C20H13F6N3O3S/c21-19(22,23)17-10-5-12-11-29(16-4-2-1-3-15(16)27-18(12)28-17)33(30,31)14-8-6-13(7-9-14)32-20(24,25)26/h1-10H,11H2,(H,27,28). The number of anilines is 3. The Labute approximate surface area is 183 Å². The van der Waals surface area contributed by atoms with Crippen molar-refractivity contribution in [3.05, 3.63) is 71.9 Å². The van der Waals surface area contributed by atoms with Gasteiger partial charge in [-0.15, -0.1) is 13.2 Å². The number of hydrogen-bond donors (Lipinski definition) is 1. The molecule has 3 aromatic rings. The monoisotopic (exact) mass is 489 g/mol. The van der Waals surface area contributed by atoms with Crippen molar-refractivity contribution in [2.45, 2.75) is 24.0 Å². The Balaban J connectivity index is 1.77. The number of sulfonamides is 1. The fraction of sp³-hybridized carbons (Fsp3) is 0.150. The lowest BCUT2D eigenvalue weighted by Crippen LogP contribution is -2.30. The minimum absolute atomic E-state index is 0.125. The average Bonchev–Trinajstić information content (AvgIpc) is 2.89. The number of halogens is 6. The Morgan fingerprint density at radius 1 is 0.909 bits per heavy atom. The summed E-state index contributed by atoms with van der Waals surface area (Å²) in [5.74, 6) is -0.766. The molecule has 0 spiro atoms. The molecule has 2 heterocycles. The first kappa shape index (κ1) is 22.7. The zero-order valence-corrected chi connectivity index (χ0v) is 17.1. The molecule has 0 unspecified atom stereocenters. The normalized spacial score (nSPS) is 14.1. The lowest BCUT2D eigenvalue weighted by molar-refractivity contribution is -0.274. The maximum absolute atomic E-state index is 13.4. The highest BCUT2D eigenvalue weighted by molar-refractivity contribution is 7.92. The summed E-state index contributed by atoms with van der Waals surface area (Å²) in [4.78, 5) is 3.26. The Morgan fingerprint density at radius 2 is 1.58 bits per heavy atom. The minimum atomic E-state index is -4.94. The summed E-state index contributed by atoms with van der Waals surface area (Å²) in [6.45, 7) is -0.367. The van der Waals surface area contributed by atoms with E-state index in [1.54, 1.807) is 6.07 Å². The second-order valence-corrected chi connectivity index (χ2v) is 8.74. The highest BCUT2D eigenvalue weighted by Gasteiger charge is 2.36. The Bertz CT molecular complexity index is 1290. The number of alkyl halides is 6. The maximum atomic E-state index is 13.4. The molecular formula is C20H13F6N3O3S. The third-order valence-corrected chi connectivity index (χ3v) is 6.43. The summed E-state index contributed by atoms with van der Waals surface area (Å²) in [7, 11) is -4.33. The Morgan fingerprint density at radius 3 is 2.21 bits per heavy atom. The molecule has 1 aromatic heterocycles. The molecule has 0 fully saturated rings. The summed E-state index contributed by atoms with van der Waals surface area (Å²) < 4.78 is 108. The van der Waals surface area contributed by atoms with Gasteiger partial charge in [0.15, 0.2) is 0 Å². The van der Waals surface area contributed by atoms with E-state index in [0.717, 1.165) is 40.7 Å². The van der Waals surface area contributed by atoms with Gasteiger partial charge in [-0.1, -0.05) is 18.2 Å². The second-order valence-electron chi connectivity index (χ2n) is 6.88. The van der Waals surface area contributed by atoms with E-state index in [4.69, 9.17) is 0 Å². The number of ether oxygens (including phenoxy) is 1. The van der Waals surface area contributed by atoms with Crippen LogP contribution in [0.2, 0.25) is 0 Å². The van der Waals surface area contributed by atoms with E-state index < -0.39 is 34.0 Å². The molecular weight excluding hydrogens is 476 g/mol. The first-order valence-electron chi connectivity index (χ1n) is 9.16. The van der Waals surface area contributed by atoms with Crippen molar-refractivity contribution >= 4 is 27.2 Å². The summed E-state index contributed by atoms with van der Waals surface area (Å²) in [5.41, 5.74) is -0.675. The molecule has 4 rings (SSSR count). The lowest BCUT2D eigenvalue weighted by Gasteiger charge is -2.24. The molecule has 0 atom stereocenters. The minimum Gasteiger partial charge on any atom is -0.406 e. The number of fused-ring (bicyclic) bond motifs is 2. The van der Waals surface area contributed by atoms with Gasteiger partial charge in [0.05, 0.1) is 22.8 Å². The predicted molar refractivity (Wildman–Crippen MR) is 105 cm³/mol. The van der Waals surface area contributed by atoms with Crippen LogP contribution in [-0.2, 0) is 22.7 Å². The molecule has 174 valence electrons. The molecule has 0 aliphatic carbocycles. The molecule has 0 radical (unpaired) electrons. The van der Waals surface area contributed by atoms with Crippen LogP contribution >= 0.6 is 0 Å². The lowest BCUT2D eigenvalue weighted by atomic mass is 10.2. The van der Waals surface area contributed by atoms with E-state index in [1.165, 1.54) is 18.2 Å². The van der Waals surface area contributed by atoms with E-state index in [-0.39, 0.29) is 34.2 Å². The van der Waals surface area contributed by atoms with Gasteiger partial charge in [-0.25, -0.2) is 13.4 Å². The van der Waals surface area contributed by atoms with E-state index in [9.17, 15) is 34.8 Å². The van der Waals surface area contributed by atoms with Gasteiger partial charge in [0, 0.05) is 5.56 Å². The third-order valence-electron chi connectivity index (χ3n) is 4.65. The van der Waals surface area contributed by atoms with Crippen molar-refractivity contribution in [3.63, 3.8) is 0 Å². The van der Waals surface area contributed by atoms with Crippen LogP contribution in [0, 0.1) is 0 Å². The number of hydrogen-bond acceptors (Lipinski definition) is 5. The second kappa shape index (κ2) is 7.83. The van der Waals surface area contributed by atoms with E-state index in [2.05, 4.69) is 15.0 Å². The van der Waals surface area contributed by atoms with Gasteiger partial charge in [0.1, 0.15) is 17.3 Å². The molecule has 1 N–H and O–H groups in total. The molecule has 13 heteroatoms. The fourth-order valence-electron chi connectivity index (χ4n) is 3.20. The van der Waals surface area contributed by atoms with Crippen molar-refractivity contribution in [3.8, 4) is 5.75 Å². The third kappa shape index (κ3) is 4.67. The van der Waals surface area contributed by atoms with Gasteiger partial charge in [0.2, 0.25) is 0 Å². The number of nitrogens with one attached hydrogen (secondary N) is 1. The highest BCUT2D eigenvalue weighted by Crippen LogP contribution is 2.39. The Kier molecular flexibility index (Phi) is 5.39. The number of aromatic nitrogens is 1. The van der Waals surface area contributed by atoms with E-state index >= 15 is 0 Å². The highest BCUT2D eigenvalue weighted by atomic mass is 32.2. The van der Waals surface area contributed by atoms with Crippen molar-refractivity contribution in [2.24, 2.45) is 0 Å². The molecule has 0 amide bonds. The zero-order valence-electron chi connectivity index (χ0n) is 16.3. The largest absolute Gasteiger partial charge is 0.573 e. The van der Waals surface area contributed by atoms with Crippen LogP contribution in [0.4, 0.5) is 43.5 Å². The van der Waals surface area contributed by atoms with Gasteiger partial charge in [-0.3, -0.25) is 4.31 Å².